The first-order valence-electron chi connectivity index (χ1n) is 35.3. The third-order valence-corrected chi connectivity index (χ3v) is 18.0. The lowest BCUT2D eigenvalue weighted by Gasteiger charge is -2.39. The number of hydrogen-bond donors (Lipinski definition) is 16. The molecule has 3 aliphatic rings. The normalized spacial score (nSPS) is 23.8. The molecule has 3 fully saturated rings. The quantitative estimate of drug-likeness (QED) is 0.0410. The Balaban J connectivity index is 1.78. The molecule has 13 atom stereocenters. The molecule has 4 rings (SSSR count). The summed E-state index contributed by atoms with van der Waals surface area (Å²) >= 11 is 0. The summed E-state index contributed by atoms with van der Waals surface area (Å²) in [6.07, 6.45) is 9.41. The summed E-state index contributed by atoms with van der Waals surface area (Å²) in [5, 5.41) is 65.5. The average Bonchev–Trinajstić information content (AvgIpc) is 1.66. The minimum Gasteiger partial charge on any atom is -0.481 e. The molecule has 1 aromatic rings. The molecule has 13 amide bonds. The first-order chi connectivity index (χ1) is 48.8. The zero-order valence-corrected chi connectivity index (χ0v) is 59.3. The lowest BCUT2D eigenvalue weighted by Crippen LogP contribution is -2.66. The number of carboxylic acid groups (broad SMARTS) is 4. The fourth-order valence-corrected chi connectivity index (χ4v) is 12.2. The van der Waals surface area contributed by atoms with E-state index in [0.717, 1.165) is 55.2 Å². The van der Waals surface area contributed by atoms with Crippen molar-refractivity contribution in [1.29, 1.82) is 0 Å². The van der Waals surface area contributed by atoms with Gasteiger partial charge in [0.25, 0.3) is 0 Å². The summed E-state index contributed by atoms with van der Waals surface area (Å²) < 4.78 is 0. The Morgan fingerprint density at radius 1 is 0.534 bits per heavy atom. The molecular formula is C68H104N14O21. The van der Waals surface area contributed by atoms with Crippen LogP contribution in [0.15, 0.2) is 30.3 Å². The number of piperidine rings is 1. The maximum Gasteiger partial charge on any atom is 0.308 e. The van der Waals surface area contributed by atoms with E-state index < -0.39 is 217 Å². The van der Waals surface area contributed by atoms with E-state index in [1.807, 2.05) is 10.6 Å². The first-order valence-corrected chi connectivity index (χ1v) is 35.3. The highest BCUT2D eigenvalue weighted by Crippen LogP contribution is 2.24. The van der Waals surface area contributed by atoms with E-state index >= 15 is 4.79 Å². The second kappa shape index (κ2) is 43.2. The van der Waals surface area contributed by atoms with Crippen molar-refractivity contribution in [3.05, 3.63) is 35.9 Å². The summed E-state index contributed by atoms with van der Waals surface area (Å²) in [6.45, 7) is 6.36. The number of carbonyl (C=O) groups excluding carboxylic acids is 13. The van der Waals surface area contributed by atoms with E-state index in [1.54, 1.807) is 32.0 Å². The third kappa shape index (κ3) is 28.1. The number of aliphatic carboxylic acids is 4. The minimum absolute atomic E-state index is 0.0138. The summed E-state index contributed by atoms with van der Waals surface area (Å²) in [6, 6.07) is -12.8. The van der Waals surface area contributed by atoms with Crippen molar-refractivity contribution in [1.82, 2.24) is 68.3 Å². The fraction of sp³-hybridized carbons (Fsp3) is 0.662. The number of nitrogens with zero attached hydrogens (tertiary/aromatic N) is 2. The van der Waals surface area contributed by atoms with Gasteiger partial charge in [0, 0.05) is 25.6 Å². The minimum atomic E-state index is -2.18. The molecule has 3 saturated heterocycles. The Morgan fingerprint density at radius 2 is 1.03 bits per heavy atom. The predicted molar refractivity (Wildman–Crippen MR) is 366 cm³/mol. The molecule has 0 aliphatic carbocycles. The van der Waals surface area contributed by atoms with Crippen molar-refractivity contribution in [2.75, 3.05) is 26.2 Å². The van der Waals surface area contributed by atoms with Gasteiger partial charge in [0.1, 0.15) is 60.4 Å². The Kier molecular flexibility index (Phi) is 35.9. The highest BCUT2D eigenvalue weighted by atomic mass is 16.4. The van der Waals surface area contributed by atoms with Crippen LogP contribution in [0, 0.1) is 11.8 Å². The lowest BCUT2D eigenvalue weighted by molar-refractivity contribution is -0.150. The molecule has 0 aromatic heterocycles. The number of unbranched alkanes of at least 4 members (excludes halogenated alkanes) is 11. The van der Waals surface area contributed by atoms with Gasteiger partial charge in [-0.3, -0.25) is 81.5 Å². The Hall–Kier alpha value is -9.83. The van der Waals surface area contributed by atoms with Crippen molar-refractivity contribution < 1.29 is 102 Å². The second-order valence-corrected chi connectivity index (χ2v) is 26.8. The highest BCUT2D eigenvalue weighted by Gasteiger charge is 2.46. The van der Waals surface area contributed by atoms with E-state index in [0.29, 0.717) is 6.42 Å². The number of nitrogens with two attached hydrogens (primary N) is 1. The topological polar surface area (TPSA) is 536 Å². The van der Waals surface area contributed by atoms with E-state index in [4.69, 9.17) is 5.73 Å². The van der Waals surface area contributed by atoms with Crippen LogP contribution in [-0.4, -0.2) is 224 Å². The highest BCUT2D eigenvalue weighted by molar-refractivity contribution is 6.02. The number of benzene rings is 1. The average molecular weight is 1450 g/mol. The van der Waals surface area contributed by atoms with Crippen molar-refractivity contribution in [2.45, 2.75) is 249 Å². The van der Waals surface area contributed by atoms with Crippen LogP contribution in [0.4, 0.5) is 0 Å². The van der Waals surface area contributed by atoms with Gasteiger partial charge in [0.2, 0.25) is 76.8 Å². The van der Waals surface area contributed by atoms with Gasteiger partial charge in [-0.25, -0.2) is 0 Å². The standard InChI is InChI=1S/C68H104N14O21/c1-7-8-9-10-11-12-13-14-15-16-17-21-29-47(83)76-57(41-25-19-18-20-26-41)65(99)75-44(34-52(90)91)60(94)80-56-40(6)72-61(95)46-28-24-31-82(46)66(100)53(37(2)3)78-64(98)55(39(5)69)77-49(85)36-71-58(92)42(32-50(86)87)73-48(84)35-70-59(93)43(33-51(88)89)74-63(97)54(38(4)68(102)103)79-62(96)45-27-22-23-30-81(45)67(56)101/h18-20,25-26,37-40,42-46,53-57H,7-17,21-24,27-36,69H2,1-6H3,(H,70,93)(H,71,92)(H,72,95)(H,73,84)(H,74,97)(H,75,99)(H,76,83)(H,77,85)(H,78,98)(H,79,96)(H,80,94)(H,86,87)(H,88,89)(H,90,91)(H,102,103)/t38?,39?,40?,42?,43?,44?,45?,46?,53?,54?,55?,56?,57-/m1/s1. The predicted octanol–water partition coefficient (Wildman–Crippen LogP) is -1.40. The molecule has 17 N–H and O–H groups in total. The molecule has 0 spiro atoms. The number of fused-ring (bicyclic) bond motifs is 2. The smallest absolute Gasteiger partial charge is 0.308 e. The molecular weight excluding hydrogens is 1350 g/mol. The van der Waals surface area contributed by atoms with Crippen LogP contribution in [0.1, 0.15) is 188 Å². The van der Waals surface area contributed by atoms with E-state index in [9.17, 15) is 97.1 Å². The number of hydrogen-bond acceptors (Lipinski definition) is 18. The summed E-state index contributed by atoms with van der Waals surface area (Å²) in [5.41, 5.74) is 6.39. The maximum atomic E-state index is 15.5. The molecule has 1 aromatic carbocycles. The van der Waals surface area contributed by atoms with Crippen molar-refractivity contribution in [3.63, 3.8) is 0 Å². The van der Waals surface area contributed by atoms with Crippen LogP contribution in [0.3, 0.4) is 0 Å². The largest absolute Gasteiger partial charge is 0.481 e. The van der Waals surface area contributed by atoms with Gasteiger partial charge >= 0.3 is 23.9 Å². The molecule has 0 bridgehead atoms. The summed E-state index contributed by atoms with van der Waals surface area (Å²) in [5.74, 6) is -23.8. The van der Waals surface area contributed by atoms with Gasteiger partial charge in [-0.2, -0.15) is 0 Å². The van der Waals surface area contributed by atoms with E-state index in [-0.39, 0.29) is 57.2 Å². The number of amides is 13. The van der Waals surface area contributed by atoms with Crippen molar-refractivity contribution >= 4 is 101 Å². The molecule has 0 radical (unpaired) electrons. The Bertz CT molecular complexity index is 3170. The molecule has 0 saturated carbocycles. The van der Waals surface area contributed by atoms with Gasteiger partial charge in [-0.1, -0.05) is 122 Å². The van der Waals surface area contributed by atoms with Gasteiger partial charge < -0.3 is 94.4 Å². The summed E-state index contributed by atoms with van der Waals surface area (Å²) in [4.78, 5) is 236. The van der Waals surface area contributed by atoms with Gasteiger partial charge in [0.15, 0.2) is 0 Å². The van der Waals surface area contributed by atoms with Gasteiger partial charge in [0.05, 0.1) is 44.3 Å². The van der Waals surface area contributed by atoms with Crippen LogP contribution < -0.4 is 64.2 Å². The van der Waals surface area contributed by atoms with Crippen LogP contribution in [0.2, 0.25) is 0 Å². The monoisotopic (exact) mass is 1450 g/mol. The van der Waals surface area contributed by atoms with Crippen LogP contribution in [0.25, 0.3) is 0 Å². The molecule has 103 heavy (non-hydrogen) atoms. The maximum absolute atomic E-state index is 15.5. The van der Waals surface area contributed by atoms with Crippen LogP contribution >= 0.6 is 0 Å². The van der Waals surface area contributed by atoms with E-state index in [1.165, 1.54) is 58.1 Å². The van der Waals surface area contributed by atoms with Crippen molar-refractivity contribution in [3.8, 4) is 0 Å². The van der Waals surface area contributed by atoms with Gasteiger partial charge in [-0.15, -0.1) is 0 Å². The number of nitrogens with one attached hydrogen (secondary N) is 11. The molecule has 12 unspecified atom stereocenters. The molecule has 35 nitrogen and oxygen atoms in total. The van der Waals surface area contributed by atoms with E-state index in [2.05, 4.69) is 54.8 Å². The Labute approximate surface area is 597 Å². The SMILES string of the molecule is CCCCCCCCCCCCCCC(=O)N[C@@H](C(=O)NC(CC(=O)O)C(=O)NC1C(=O)N2CCCCC2C(=O)NC(C(C)C(=O)O)C(=O)NC(CC(=O)O)C(=O)NCC(=O)NC(CC(=O)O)C(=O)NCC(=O)NC(C(C)N)C(=O)NC(C(C)C)C(=O)N2CCCC2C(=O)NC1C)c1ccccc1. The van der Waals surface area contributed by atoms with Gasteiger partial charge in [-0.05, 0) is 70.8 Å². The number of rotatable bonds is 29. The molecule has 35 heteroatoms. The second-order valence-electron chi connectivity index (χ2n) is 26.8. The Morgan fingerprint density at radius 3 is 1.56 bits per heavy atom. The number of carbonyl (C=O) groups is 17. The summed E-state index contributed by atoms with van der Waals surface area (Å²) in [7, 11) is 0. The van der Waals surface area contributed by atoms with Crippen LogP contribution in [0.5, 0.6) is 0 Å². The zero-order valence-electron chi connectivity index (χ0n) is 59.3. The molecule has 3 heterocycles. The van der Waals surface area contributed by atoms with Crippen LogP contribution in [-0.2, 0) is 81.5 Å². The first kappa shape index (κ1) is 85.6. The third-order valence-electron chi connectivity index (χ3n) is 18.0. The molecule has 3 aliphatic heterocycles. The molecule has 572 valence electrons. The number of carboxylic acids is 4. The zero-order chi connectivity index (χ0) is 76.6. The lowest BCUT2D eigenvalue weighted by atomic mass is 9.96. The fourth-order valence-electron chi connectivity index (χ4n) is 12.2. The van der Waals surface area contributed by atoms with Crippen molar-refractivity contribution in [2.24, 2.45) is 17.6 Å².